The van der Waals surface area contributed by atoms with Gasteiger partial charge >= 0.3 is 0 Å². The Labute approximate surface area is 148 Å². The molecule has 4 nitrogen and oxygen atoms in total. The molecule has 0 bridgehead atoms. The Bertz CT molecular complexity index is 826. The molecule has 3 rings (SSSR count). The van der Waals surface area contributed by atoms with Crippen LogP contribution in [0.4, 0.5) is 5.69 Å². The third-order valence-corrected chi connectivity index (χ3v) is 4.53. The number of methoxy groups -OCH3 is 2. The molecule has 130 valence electrons. The second-order valence-electron chi connectivity index (χ2n) is 6.16. The standard InChI is InChI=1S/C21H23NO3/c1-5-8-16-12-17(13-19(24-3)20(16)25-4)21(23)22-14(2)11-15-9-6-7-10-18(15)22/h5-10,12-14H,11H2,1-4H3/b8-5+. The summed E-state index contributed by atoms with van der Waals surface area (Å²) in [4.78, 5) is 15.1. The van der Waals surface area contributed by atoms with Gasteiger partial charge in [0.05, 0.1) is 14.2 Å². The van der Waals surface area contributed by atoms with Crippen molar-refractivity contribution in [1.82, 2.24) is 0 Å². The van der Waals surface area contributed by atoms with Crippen LogP contribution in [0.2, 0.25) is 0 Å². The van der Waals surface area contributed by atoms with E-state index in [1.54, 1.807) is 20.3 Å². The third-order valence-electron chi connectivity index (χ3n) is 4.53. The first-order valence-corrected chi connectivity index (χ1v) is 8.40. The van der Waals surface area contributed by atoms with Gasteiger partial charge in [-0.05, 0) is 44.0 Å². The van der Waals surface area contributed by atoms with E-state index in [4.69, 9.17) is 9.47 Å². The van der Waals surface area contributed by atoms with Crippen molar-refractivity contribution >= 4 is 17.7 Å². The number of para-hydroxylation sites is 1. The molecule has 0 N–H and O–H groups in total. The van der Waals surface area contributed by atoms with Gasteiger partial charge in [0.25, 0.3) is 5.91 Å². The molecule has 1 unspecified atom stereocenters. The predicted octanol–water partition coefficient (Wildman–Crippen LogP) is 4.33. The topological polar surface area (TPSA) is 38.8 Å². The molecule has 1 atom stereocenters. The SMILES string of the molecule is C/C=C/c1cc(C(=O)N2c3ccccc3CC2C)cc(OC)c1OC. The van der Waals surface area contributed by atoms with Crippen molar-refractivity contribution in [2.45, 2.75) is 26.3 Å². The molecule has 2 aromatic rings. The van der Waals surface area contributed by atoms with Crippen LogP contribution in [0.1, 0.15) is 35.3 Å². The predicted molar refractivity (Wildman–Crippen MR) is 101 cm³/mol. The summed E-state index contributed by atoms with van der Waals surface area (Å²) in [6, 6.07) is 11.8. The van der Waals surface area contributed by atoms with Crippen molar-refractivity contribution in [2.24, 2.45) is 0 Å². The first kappa shape index (κ1) is 17.1. The summed E-state index contributed by atoms with van der Waals surface area (Å²) in [6.45, 7) is 4.00. The Balaban J connectivity index is 2.07. The molecular weight excluding hydrogens is 314 g/mol. The molecule has 2 aromatic carbocycles. The van der Waals surface area contributed by atoms with E-state index >= 15 is 0 Å². The van der Waals surface area contributed by atoms with E-state index < -0.39 is 0 Å². The number of carbonyl (C=O) groups is 1. The van der Waals surface area contributed by atoms with Crippen molar-refractivity contribution in [3.8, 4) is 11.5 Å². The van der Waals surface area contributed by atoms with E-state index in [0.717, 1.165) is 17.7 Å². The smallest absolute Gasteiger partial charge is 0.258 e. The molecule has 0 fully saturated rings. The molecule has 4 heteroatoms. The first-order valence-electron chi connectivity index (χ1n) is 8.40. The Morgan fingerprint density at radius 2 is 1.96 bits per heavy atom. The third kappa shape index (κ3) is 3.00. The van der Waals surface area contributed by atoms with E-state index in [-0.39, 0.29) is 11.9 Å². The lowest BCUT2D eigenvalue weighted by Crippen LogP contribution is -2.35. The van der Waals surface area contributed by atoms with Crippen LogP contribution in [0.3, 0.4) is 0 Å². The Morgan fingerprint density at radius 1 is 1.20 bits per heavy atom. The zero-order valence-corrected chi connectivity index (χ0v) is 15.1. The summed E-state index contributed by atoms with van der Waals surface area (Å²) in [6.07, 6.45) is 4.70. The molecule has 1 amide bonds. The van der Waals surface area contributed by atoms with Gasteiger partial charge in [0.1, 0.15) is 0 Å². The van der Waals surface area contributed by atoms with Gasteiger partial charge in [0.15, 0.2) is 11.5 Å². The highest BCUT2D eigenvalue weighted by Gasteiger charge is 2.31. The molecule has 0 saturated carbocycles. The van der Waals surface area contributed by atoms with Gasteiger partial charge in [-0.2, -0.15) is 0 Å². The highest BCUT2D eigenvalue weighted by Crippen LogP contribution is 2.37. The maximum absolute atomic E-state index is 13.2. The monoisotopic (exact) mass is 337 g/mol. The lowest BCUT2D eigenvalue weighted by atomic mass is 10.1. The summed E-state index contributed by atoms with van der Waals surface area (Å²) < 4.78 is 10.9. The highest BCUT2D eigenvalue weighted by molar-refractivity contribution is 6.08. The van der Waals surface area contributed by atoms with Crippen LogP contribution in [0.25, 0.3) is 6.08 Å². The van der Waals surface area contributed by atoms with E-state index in [2.05, 4.69) is 13.0 Å². The summed E-state index contributed by atoms with van der Waals surface area (Å²) in [7, 11) is 3.18. The van der Waals surface area contributed by atoms with Crippen molar-refractivity contribution in [3.63, 3.8) is 0 Å². The normalized spacial score (nSPS) is 16.2. The number of allylic oxidation sites excluding steroid dienone is 1. The fourth-order valence-corrected chi connectivity index (χ4v) is 3.43. The molecule has 0 radical (unpaired) electrons. The Kier molecular flexibility index (Phi) is 4.79. The minimum absolute atomic E-state index is 0.0239. The number of amides is 1. The molecule has 1 aliphatic heterocycles. The van der Waals surface area contributed by atoms with Gasteiger partial charge in [-0.15, -0.1) is 0 Å². The van der Waals surface area contributed by atoms with Crippen molar-refractivity contribution < 1.29 is 14.3 Å². The quantitative estimate of drug-likeness (QED) is 0.833. The number of benzene rings is 2. The Morgan fingerprint density at radius 3 is 2.64 bits per heavy atom. The highest BCUT2D eigenvalue weighted by atomic mass is 16.5. The van der Waals surface area contributed by atoms with E-state index in [9.17, 15) is 4.79 Å². The molecular formula is C21H23NO3. The maximum Gasteiger partial charge on any atom is 0.258 e. The lowest BCUT2D eigenvalue weighted by Gasteiger charge is -2.23. The summed E-state index contributed by atoms with van der Waals surface area (Å²) in [5.74, 6) is 1.16. The second kappa shape index (κ2) is 7.01. The zero-order chi connectivity index (χ0) is 18.0. The number of hydrogen-bond acceptors (Lipinski definition) is 3. The van der Waals surface area contributed by atoms with Crippen LogP contribution in [-0.2, 0) is 6.42 Å². The molecule has 0 spiro atoms. The van der Waals surface area contributed by atoms with Crippen LogP contribution in [0, 0.1) is 0 Å². The molecule has 25 heavy (non-hydrogen) atoms. The molecule has 0 aromatic heterocycles. The summed E-state index contributed by atoms with van der Waals surface area (Å²) in [5, 5.41) is 0. The van der Waals surface area contributed by atoms with Gasteiger partial charge in [0, 0.05) is 22.9 Å². The Hall–Kier alpha value is -2.75. The van der Waals surface area contributed by atoms with Gasteiger partial charge < -0.3 is 14.4 Å². The number of fused-ring (bicyclic) bond motifs is 1. The van der Waals surface area contributed by atoms with E-state index in [0.29, 0.717) is 17.1 Å². The van der Waals surface area contributed by atoms with Crippen LogP contribution in [-0.4, -0.2) is 26.2 Å². The van der Waals surface area contributed by atoms with Gasteiger partial charge in [-0.3, -0.25) is 4.79 Å². The van der Waals surface area contributed by atoms with E-state index in [1.807, 2.05) is 48.2 Å². The van der Waals surface area contributed by atoms with Gasteiger partial charge in [-0.1, -0.05) is 30.4 Å². The number of carbonyl (C=O) groups excluding carboxylic acids is 1. The second-order valence-corrected chi connectivity index (χ2v) is 6.16. The number of anilines is 1. The fraction of sp³-hybridized carbons (Fsp3) is 0.286. The van der Waals surface area contributed by atoms with Crippen molar-refractivity contribution in [2.75, 3.05) is 19.1 Å². The minimum atomic E-state index is -0.0239. The lowest BCUT2D eigenvalue weighted by molar-refractivity contribution is 0.0981. The van der Waals surface area contributed by atoms with Gasteiger partial charge in [0.2, 0.25) is 0 Å². The molecule has 0 aliphatic carbocycles. The number of hydrogen-bond donors (Lipinski definition) is 0. The summed E-state index contributed by atoms with van der Waals surface area (Å²) >= 11 is 0. The average molecular weight is 337 g/mol. The zero-order valence-electron chi connectivity index (χ0n) is 15.1. The van der Waals surface area contributed by atoms with Crippen molar-refractivity contribution in [3.05, 3.63) is 59.2 Å². The van der Waals surface area contributed by atoms with Crippen LogP contribution >= 0.6 is 0 Å². The van der Waals surface area contributed by atoms with Gasteiger partial charge in [-0.25, -0.2) is 0 Å². The van der Waals surface area contributed by atoms with E-state index in [1.165, 1.54) is 5.56 Å². The first-order chi connectivity index (χ1) is 12.1. The maximum atomic E-state index is 13.2. The number of nitrogens with zero attached hydrogens (tertiary/aromatic N) is 1. The molecule has 1 aliphatic rings. The fourth-order valence-electron chi connectivity index (χ4n) is 3.43. The average Bonchev–Trinajstić information content (AvgIpc) is 2.96. The number of rotatable bonds is 4. The molecule has 0 saturated heterocycles. The van der Waals surface area contributed by atoms with Crippen LogP contribution < -0.4 is 14.4 Å². The van der Waals surface area contributed by atoms with Crippen molar-refractivity contribution in [1.29, 1.82) is 0 Å². The molecule has 1 heterocycles. The van der Waals surface area contributed by atoms with Crippen LogP contribution in [0.5, 0.6) is 11.5 Å². The summed E-state index contributed by atoms with van der Waals surface area (Å²) in [5.41, 5.74) is 3.61. The minimum Gasteiger partial charge on any atom is -0.493 e. The van der Waals surface area contributed by atoms with Crippen LogP contribution in [0.15, 0.2) is 42.5 Å². The number of ether oxygens (including phenoxy) is 2. The largest absolute Gasteiger partial charge is 0.493 e.